The highest BCUT2D eigenvalue weighted by molar-refractivity contribution is 5.81. The van der Waals surface area contributed by atoms with Crippen LogP contribution in [0.1, 0.15) is 44.4 Å². The first kappa shape index (κ1) is 15.0. The second kappa shape index (κ2) is 6.35. The molecule has 20 heavy (non-hydrogen) atoms. The number of carbonyl (C=O) groups excluding carboxylic acids is 1. The molecule has 1 amide bonds. The molecular formula is C16H23FN2O. The molecule has 0 aromatic heterocycles. The van der Waals surface area contributed by atoms with Gasteiger partial charge in [-0.3, -0.25) is 10.1 Å². The molecule has 2 rings (SSSR count). The van der Waals surface area contributed by atoms with Gasteiger partial charge in [-0.1, -0.05) is 6.07 Å². The first-order valence-corrected chi connectivity index (χ1v) is 7.40. The lowest BCUT2D eigenvalue weighted by atomic mass is 10.1. The highest BCUT2D eigenvalue weighted by atomic mass is 19.1. The number of rotatable bonds is 5. The van der Waals surface area contributed by atoms with Gasteiger partial charge in [0.05, 0.1) is 6.04 Å². The van der Waals surface area contributed by atoms with E-state index in [-0.39, 0.29) is 23.8 Å². The normalized spacial score (nSPS) is 18.7. The van der Waals surface area contributed by atoms with Crippen LogP contribution in [0.2, 0.25) is 0 Å². The molecule has 1 aliphatic rings. The molecule has 4 heteroatoms. The van der Waals surface area contributed by atoms with Gasteiger partial charge in [0.1, 0.15) is 5.82 Å². The van der Waals surface area contributed by atoms with Crippen LogP contribution in [0.4, 0.5) is 4.39 Å². The van der Waals surface area contributed by atoms with Crippen LogP contribution in [0.25, 0.3) is 0 Å². The van der Waals surface area contributed by atoms with Crippen molar-refractivity contribution in [3.8, 4) is 0 Å². The monoisotopic (exact) mass is 278 g/mol. The zero-order chi connectivity index (χ0) is 14.7. The summed E-state index contributed by atoms with van der Waals surface area (Å²) < 4.78 is 13.2. The quantitative estimate of drug-likeness (QED) is 0.898. The average Bonchev–Trinajstić information content (AvgIpc) is 2.82. The Morgan fingerprint density at radius 3 is 2.80 bits per heavy atom. The van der Waals surface area contributed by atoms with Gasteiger partial charge in [-0.15, -0.1) is 0 Å². The number of nitrogens with zero attached hydrogens (tertiary/aromatic N) is 1. The van der Waals surface area contributed by atoms with Crippen molar-refractivity contribution in [3.05, 3.63) is 35.1 Å². The molecular weight excluding hydrogens is 255 g/mol. The van der Waals surface area contributed by atoms with Gasteiger partial charge in [-0.05, 0) is 56.9 Å². The zero-order valence-electron chi connectivity index (χ0n) is 12.4. The lowest BCUT2D eigenvalue weighted by Gasteiger charge is -2.26. The third-order valence-corrected chi connectivity index (χ3v) is 4.08. The standard InChI is InChI=1S/C16H23FN2O/c1-4-19(5-2)16(20)11(3)18-15-9-6-12-10-13(17)7-8-14(12)15/h7-8,10-11,15,18H,4-6,9H2,1-3H3. The summed E-state index contributed by atoms with van der Waals surface area (Å²) in [6.45, 7) is 7.34. The van der Waals surface area contributed by atoms with Crippen LogP contribution < -0.4 is 5.32 Å². The van der Waals surface area contributed by atoms with E-state index in [1.807, 2.05) is 31.7 Å². The topological polar surface area (TPSA) is 32.3 Å². The van der Waals surface area contributed by atoms with E-state index >= 15 is 0 Å². The number of aryl methyl sites for hydroxylation is 1. The number of likely N-dealkylation sites (N-methyl/N-ethyl adjacent to an activating group) is 1. The SMILES string of the molecule is CCN(CC)C(=O)C(C)NC1CCc2cc(F)ccc21. The van der Waals surface area contributed by atoms with E-state index in [2.05, 4.69) is 5.32 Å². The Kier molecular flexibility index (Phi) is 4.76. The number of hydrogen-bond acceptors (Lipinski definition) is 2. The van der Waals surface area contributed by atoms with E-state index in [0.29, 0.717) is 0 Å². The third-order valence-electron chi connectivity index (χ3n) is 4.08. The molecule has 0 saturated heterocycles. The first-order chi connectivity index (χ1) is 9.56. The average molecular weight is 278 g/mol. The fraction of sp³-hybridized carbons (Fsp3) is 0.562. The number of hydrogen-bond donors (Lipinski definition) is 1. The molecule has 1 N–H and O–H groups in total. The molecule has 1 aliphatic carbocycles. The maximum Gasteiger partial charge on any atom is 0.239 e. The molecule has 2 atom stereocenters. The van der Waals surface area contributed by atoms with Crippen LogP contribution in [0, 0.1) is 5.82 Å². The summed E-state index contributed by atoms with van der Waals surface area (Å²) in [4.78, 5) is 14.1. The Labute approximate surface area is 120 Å². The molecule has 3 nitrogen and oxygen atoms in total. The third kappa shape index (κ3) is 3.01. The summed E-state index contributed by atoms with van der Waals surface area (Å²) in [6, 6.07) is 4.88. The Balaban J connectivity index is 2.04. The molecule has 0 aliphatic heterocycles. The number of benzene rings is 1. The molecule has 1 aromatic carbocycles. The second-order valence-electron chi connectivity index (χ2n) is 5.33. The van der Waals surface area contributed by atoms with E-state index in [1.165, 1.54) is 6.07 Å². The maximum atomic E-state index is 13.2. The number of amides is 1. The van der Waals surface area contributed by atoms with E-state index in [9.17, 15) is 9.18 Å². The van der Waals surface area contributed by atoms with Gasteiger partial charge in [0.15, 0.2) is 0 Å². The van der Waals surface area contributed by atoms with Gasteiger partial charge in [0.2, 0.25) is 5.91 Å². The predicted molar refractivity (Wildman–Crippen MR) is 78.0 cm³/mol. The van der Waals surface area contributed by atoms with E-state index in [4.69, 9.17) is 0 Å². The fourth-order valence-electron chi connectivity index (χ4n) is 2.94. The zero-order valence-corrected chi connectivity index (χ0v) is 12.4. The van der Waals surface area contributed by atoms with Crippen molar-refractivity contribution in [2.45, 2.75) is 45.7 Å². The van der Waals surface area contributed by atoms with Crippen molar-refractivity contribution in [2.75, 3.05) is 13.1 Å². The van der Waals surface area contributed by atoms with Crippen LogP contribution in [-0.4, -0.2) is 29.9 Å². The maximum absolute atomic E-state index is 13.2. The Morgan fingerprint density at radius 1 is 1.45 bits per heavy atom. The molecule has 0 spiro atoms. The number of halogens is 1. The summed E-state index contributed by atoms with van der Waals surface area (Å²) >= 11 is 0. The first-order valence-electron chi connectivity index (χ1n) is 7.40. The summed E-state index contributed by atoms with van der Waals surface area (Å²) in [6.07, 6.45) is 1.80. The fourth-order valence-corrected chi connectivity index (χ4v) is 2.94. The van der Waals surface area contributed by atoms with Crippen LogP contribution >= 0.6 is 0 Å². The van der Waals surface area contributed by atoms with Crippen LogP contribution in [0.15, 0.2) is 18.2 Å². The summed E-state index contributed by atoms with van der Waals surface area (Å²) in [7, 11) is 0. The highest BCUT2D eigenvalue weighted by Crippen LogP contribution is 2.31. The Hall–Kier alpha value is -1.42. The lowest BCUT2D eigenvalue weighted by molar-refractivity contribution is -0.132. The molecule has 0 fully saturated rings. The van der Waals surface area contributed by atoms with Crippen LogP contribution in [0.5, 0.6) is 0 Å². The minimum atomic E-state index is -0.212. The van der Waals surface area contributed by atoms with Crippen molar-refractivity contribution in [2.24, 2.45) is 0 Å². The van der Waals surface area contributed by atoms with Crippen molar-refractivity contribution in [1.29, 1.82) is 0 Å². The molecule has 1 aromatic rings. The largest absolute Gasteiger partial charge is 0.342 e. The second-order valence-corrected chi connectivity index (χ2v) is 5.33. The minimum absolute atomic E-state index is 0.130. The molecule has 0 saturated carbocycles. The number of fused-ring (bicyclic) bond motifs is 1. The Morgan fingerprint density at radius 2 is 2.15 bits per heavy atom. The predicted octanol–water partition coefficient (Wildman–Crippen LogP) is 2.66. The van der Waals surface area contributed by atoms with Crippen LogP contribution in [0.3, 0.4) is 0 Å². The van der Waals surface area contributed by atoms with Gasteiger partial charge in [0.25, 0.3) is 0 Å². The highest BCUT2D eigenvalue weighted by Gasteiger charge is 2.27. The van der Waals surface area contributed by atoms with Gasteiger partial charge in [0, 0.05) is 19.1 Å². The van der Waals surface area contributed by atoms with Gasteiger partial charge < -0.3 is 4.90 Å². The van der Waals surface area contributed by atoms with E-state index < -0.39 is 0 Å². The van der Waals surface area contributed by atoms with Crippen LogP contribution in [-0.2, 0) is 11.2 Å². The van der Waals surface area contributed by atoms with E-state index in [1.54, 1.807) is 6.07 Å². The van der Waals surface area contributed by atoms with Gasteiger partial charge in [-0.25, -0.2) is 4.39 Å². The molecule has 0 bridgehead atoms. The molecule has 110 valence electrons. The lowest BCUT2D eigenvalue weighted by Crippen LogP contribution is -2.45. The summed E-state index contributed by atoms with van der Waals surface area (Å²) in [5, 5.41) is 3.39. The van der Waals surface area contributed by atoms with Gasteiger partial charge in [-0.2, -0.15) is 0 Å². The number of carbonyl (C=O) groups is 1. The van der Waals surface area contributed by atoms with Gasteiger partial charge >= 0.3 is 0 Å². The van der Waals surface area contributed by atoms with Crippen molar-refractivity contribution >= 4 is 5.91 Å². The summed E-state index contributed by atoms with van der Waals surface area (Å²) in [5.41, 5.74) is 2.19. The smallest absolute Gasteiger partial charge is 0.239 e. The van der Waals surface area contributed by atoms with Crippen molar-refractivity contribution < 1.29 is 9.18 Å². The molecule has 2 unspecified atom stereocenters. The Bertz CT molecular complexity index is 485. The van der Waals surface area contributed by atoms with Crippen molar-refractivity contribution in [3.63, 3.8) is 0 Å². The van der Waals surface area contributed by atoms with Crippen molar-refractivity contribution in [1.82, 2.24) is 10.2 Å². The van der Waals surface area contributed by atoms with E-state index in [0.717, 1.165) is 37.1 Å². The molecule has 0 radical (unpaired) electrons. The molecule has 0 heterocycles. The summed E-state index contributed by atoms with van der Waals surface area (Å²) in [5.74, 6) is -0.0535. The minimum Gasteiger partial charge on any atom is -0.342 e. The number of nitrogens with one attached hydrogen (secondary N) is 1.